The molecule has 0 atom stereocenters. The van der Waals surface area contributed by atoms with Gasteiger partial charge < -0.3 is 9.80 Å². The second-order valence-electron chi connectivity index (χ2n) is 7.29. The van der Waals surface area contributed by atoms with Crippen molar-refractivity contribution in [2.75, 3.05) is 11.4 Å². The molecule has 3 rings (SSSR count). The Morgan fingerprint density at radius 3 is 1.90 bits per heavy atom. The van der Waals surface area contributed by atoms with E-state index in [9.17, 15) is 4.79 Å². The van der Waals surface area contributed by atoms with Crippen LogP contribution in [0, 0.1) is 0 Å². The molecule has 0 bridgehead atoms. The quantitative estimate of drug-likeness (QED) is 0.568. The summed E-state index contributed by atoms with van der Waals surface area (Å²) in [5, 5.41) is 8.60. The summed E-state index contributed by atoms with van der Waals surface area (Å²) in [6.07, 6.45) is 0. The molecule has 0 aliphatic rings. The van der Waals surface area contributed by atoms with Gasteiger partial charge in [0.05, 0.1) is 0 Å². The van der Waals surface area contributed by atoms with Crippen LogP contribution in [0.2, 0.25) is 0 Å². The molecule has 3 aromatic rings. The average molecular weight is 389 g/mol. The predicted octanol–water partition coefficient (Wildman–Crippen LogP) is 4.55. The van der Waals surface area contributed by atoms with Gasteiger partial charge >= 0.3 is 0 Å². The third-order valence-electron chi connectivity index (χ3n) is 4.87. The Bertz CT molecular complexity index is 895. The number of aromatic nitrogens is 2. The number of rotatable bonds is 8. The number of anilines is 1. The van der Waals surface area contributed by atoms with Gasteiger partial charge in [-0.15, -0.1) is 10.2 Å². The summed E-state index contributed by atoms with van der Waals surface area (Å²) >= 11 is 0. The highest BCUT2D eigenvalue weighted by atomic mass is 16.2. The fraction of sp³-hybridized carbons (Fsp3) is 0.292. The third kappa shape index (κ3) is 5.41. The molecule has 0 aliphatic heterocycles. The number of carbonyl (C=O) groups excluding carboxylic acids is 1. The molecule has 0 saturated carbocycles. The minimum absolute atomic E-state index is 0.0643. The highest BCUT2D eigenvalue weighted by Gasteiger charge is 2.21. The van der Waals surface area contributed by atoms with E-state index < -0.39 is 0 Å². The van der Waals surface area contributed by atoms with Crippen LogP contribution in [0.1, 0.15) is 42.4 Å². The van der Waals surface area contributed by atoms with Gasteiger partial charge in [0.25, 0.3) is 5.91 Å². The van der Waals surface area contributed by atoms with E-state index in [-0.39, 0.29) is 11.9 Å². The van der Waals surface area contributed by atoms with Crippen LogP contribution in [0.15, 0.2) is 72.8 Å². The molecule has 2 aromatic carbocycles. The summed E-state index contributed by atoms with van der Waals surface area (Å²) < 4.78 is 0. The molecular weight excluding hydrogens is 360 g/mol. The van der Waals surface area contributed by atoms with Crippen molar-refractivity contribution >= 4 is 11.7 Å². The molecule has 1 amide bonds. The highest BCUT2D eigenvalue weighted by molar-refractivity contribution is 5.92. The smallest absolute Gasteiger partial charge is 0.274 e. The molecule has 0 radical (unpaired) electrons. The largest absolute Gasteiger partial charge is 0.351 e. The monoisotopic (exact) mass is 388 g/mol. The first-order chi connectivity index (χ1) is 14.1. The molecule has 150 valence electrons. The maximum absolute atomic E-state index is 13.0. The van der Waals surface area contributed by atoms with Crippen molar-refractivity contribution in [1.29, 1.82) is 0 Å². The number of benzene rings is 2. The van der Waals surface area contributed by atoms with Gasteiger partial charge in [-0.25, -0.2) is 0 Å². The predicted molar refractivity (Wildman–Crippen MR) is 117 cm³/mol. The van der Waals surface area contributed by atoms with E-state index >= 15 is 0 Å². The first-order valence-corrected chi connectivity index (χ1v) is 10.1. The lowest BCUT2D eigenvalue weighted by Gasteiger charge is -2.27. The fourth-order valence-corrected chi connectivity index (χ4v) is 3.18. The fourth-order valence-electron chi connectivity index (χ4n) is 3.18. The van der Waals surface area contributed by atoms with Gasteiger partial charge in [-0.2, -0.15) is 0 Å². The van der Waals surface area contributed by atoms with Crippen LogP contribution in [-0.4, -0.2) is 33.6 Å². The van der Waals surface area contributed by atoms with E-state index in [2.05, 4.69) is 34.2 Å². The zero-order valence-electron chi connectivity index (χ0n) is 17.3. The van der Waals surface area contributed by atoms with Crippen molar-refractivity contribution in [2.45, 2.75) is 39.9 Å². The molecule has 1 aromatic heterocycles. The summed E-state index contributed by atoms with van der Waals surface area (Å²) in [6.45, 7) is 8.23. The van der Waals surface area contributed by atoms with Gasteiger partial charge in [-0.05, 0) is 44.0 Å². The lowest BCUT2D eigenvalue weighted by atomic mass is 10.1. The van der Waals surface area contributed by atoms with Gasteiger partial charge in [0.15, 0.2) is 11.5 Å². The Labute approximate surface area is 173 Å². The molecule has 29 heavy (non-hydrogen) atoms. The van der Waals surface area contributed by atoms with Crippen LogP contribution in [0.3, 0.4) is 0 Å². The van der Waals surface area contributed by atoms with Crippen molar-refractivity contribution in [3.8, 4) is 0 Å². The standard InChI is InChI=1S/C24H28N4O/c1-4-27(17-20-11-7-5-8-12-20)23-16-15-22(25-26-23)24(29)28(19(2)3)18-21-13-9-6-10-14-21/h5-16,19H,4,17-18H2,1-3H3. The first-order valence-electron chi connectivity index (χ1n) is 10.1. The van der Waals surface area contributed by atoms with Crippen molar-refractivity contribution in [1.82, 2.24) is 15.1 Å². The zero-order chi connectivity index (χ0) is 20.6. The van der Waals surface area contributed by atoms with Gasteiger partial charge in [0.1, 0.15) is 0 Å². The lowest BCUT2D eigenvalue weighted by Crippen LogP contribution is -2.37. The van der Waals surface area contributed by atoms with Crippen molar-refractivity contribution < 1.29 is 4.79 Å². The van der Waals surface area contributed by atoms with Crippen LogP contribution >= 0.6 is 0 Å². The number of carbonyl (C=O) groups is 1. The second-order valence-corrected chi connectivity index (χ2v) is 7.29. The summed E-state index contributed by atoms with van der Waals surface area (Å²) in [4.78, 5) is 17.0. The Hall–Kier alpha value is -3.21. The molecule has 0 aliphatic carbocycles. The normalized spacial score (nSPS) is 10.8. The van der Waals surface area contributed by atoms with E-state index in [1.54, 1.807) is 6.07 Å². The zero-order valence-corrected chi connectivity index (χ0v) is 17.3. The summed E-state index contributed by atoms with van der Waals surface area (Å²) in [5.41, 5.74) is 2.68. The molecular formula is C24H28N4O. The van der Waals surface area contributed by atoms with E-state index in [0.717, 1.165) is 24.5 Å². The maximum Gasteiger partial charge on any atom is 0.274 e. The lowest BCUT2D eigenvalue weighted by molar-refractivity contribution is 0.0683. The summed E-state index contributed by atoms with van der Waals surface area (Å²) in [5.74, 6) is 0.668. The summed E-state index contributed by atoms with van der Waals surface area (Å²) in [6, 6.07) is 24.0. The van der Waals surface area contributed by atoms with E-state index in [1.807, 2.05) is 73.3 Å². The molecule has 0 unspecified atom stereocenters. The second kappa shape index (κ2) is 9.82. The Kier molecular flexibility index (Phi) is 6.95. The highest BCUT2D eigenvalue weighted by Crippen LogP contribution is 2.16. The van der Waals surface area contributed by atoms with Crippen molar-refractivity contribution in [2.24, 2.45) is 0 Å². The molecule has 1 heterocycles. The van der Waals surface area contributed by atoms with Gasteiger partial charge in [0, 0.05) is 25.7 Å². The molecule has 0 saturated heterocycles. The SMILES string of the molecule is CCN(Cc1ccccc1)c1ccc(C(=O)N(Cc2ccccc2)C(C)C)nn1. The first kappa shape index (κ1) is 20.5. The van der Waals surface area contributed by atoms with Crippen molar-refractivity contribution in [3.63, 3.8) is 0 Å². The number of hydrogen-bond donors (Lipinski definition) is 0. The Balaban J connectivity index is 1.74. The molecule has 5 nitrogen and oxygen atoms in total. The summed E-state index contributed by atoms with van der Waals surface area (Å²) in [7, 11) is 0. The van der Waals surface area contributed by atoms with Crippen LogP contribution in [0.5, 0.6) is 0 Å². The van der Waals surface area contributed by atoms with Crippen LogP contribution in [0.4, 0.5) is 5.82 Å². The Morgan fingerprint density at radius 2 is 1.41 bits per heavy atom. The molecule has 0 fully saturated rings. The number of amides is 1. The maximum atomic E-state index is 13.0. The minimum atomic E-state index is -0.103. The van der Waals surface area contributed by atoms with Crippen LogP contribution in [0.25, 0.3) is 0 Å². The third-order valence-corrected chi connectivity index (χ3v) is 4.87. The Morgan fingerprint density at radius 1 is 0.828 bits per heavy atom. The molecule has 0 spiro atoms. The van der Waals surface area contributed by atoms with E-state index in [0.29, 0.717) is 12.2 Å². The number of nitrogens with zero attached hydrogens (tertiary/aromatic N) is 4. The van der Waals surface area contributed by atoms with Crippen LogP contribution in [-0.2, 0) is 13.1 Å². The van der Waals surface area contributed by atoms with Gasteiger partial charge in [-0.3, -0.25) is 4.79 Å². The van der Waals surface area contributed by atoms with Crippen molar-refractivity contribution in [3.05, 3.63) is 89.6 Å². The number of hydrogen-bond acceptors (Lipinski definition) is 4. The van der Waals surface area contributed by atoms with Gasteiger partial charge in [-0.1, -0.05) is 60.7 Å². The molecule has 5 heteroatoms. The topological polar surface area (TPSA) is 49.3 Å². The van der Waals surface area contributed by atoms with Crippen LogP contribution < -0.4 is 4.90 Å². The van der Waals surface area contributed by atoms with E-state index in [1.165, 1.54) is 5.56 Å². The molecule has 0 N–H and O–H groups in total. The van der Waals surface area contributed by atoms with Gasteiger partial charge in [0.2, 0.25) is 0 Å². The van der Waals surface area contributed by atoms with E-state index in [4.69, 9.17) is 0 Å². The average Bonchev–Trinajstić information content (AvgIpc) is 2.77. The minimum Gasteiger partial charge on any atom is -0.351 e.